The Bertz CT molecular complexity index is 839. The monoisotopic (exact) mass is 352 g/mol. The molecule has 1 atom stereocenters. The van der Waals surface area contributed by atoms with Gasteiger partial charge in [0, 0.05) is 31.7 Å². The molecule has 4 rings (SSSR count). The summed E-state index contributed by atoms with van der Waals surface area (Å²) < 4.78 is 10.8. The maximum Gasteiger partial charge on any atom is 0.272 e. The van der Waals surface area contributed by atoms with Crippen LogP contribution in [0.25, 0.3) is 11.5 Å². The Labute approximate surface area is 150 Å². The minimum Gasteiger partial charge on any atom is -0.463 e. The summed E-state index contributed by atoms with van der Waals surface area (Å²) in [5, 5.41) is 10.1. The van der Waals surface area contributed by atoms with Crippen LogP contribution in [-0.4, -0.2) is 34.3 Å². The van der Waals surface area contributed by atoms with Crippen LogP contribution in [0.1, 0.15) is 34.9 Å². The molecule has 1 amide bonds. The van der Waals surface area contributed by atoms with Crippen LogP contribution < -0.4 is 5.32 Å². The number of pyridine rings is 1. The largest absolute Gasteiger partial charge is 0.463 e. The molecule has 0 saturated carbocycles. The second-order valence-corrected chi connectivity index (χ2v) is 6.33. The number of nitrogens with zero attached hydrogens (tertiary/aromatic N) is 2. The molecule has 0 bridgehead atoms. The summed E-state index contributed by atoms with van der Waals surface area (Å²) in [6.45, 7) is 1.42. The van der Waals surface area contributed by atoms with E-state index in [1.807, 2.05) is 18.2 Å². The van der Waals surface area contributed by atoms with Gasteiger partial charge in [0.1, 0.15) is 5.69 Å². The molecule has 3 aromatic heterocycles. The van der Waals surface area contributed by atoms with Gasteiger partial charge in [0.2, 0.25) is 0 Å². The molecule has 7 heteroatoms. The molecule has 134 valence electrons. The number of carbonyl (C=O) groups excluding carboxylic acids is 1. The second kappa shape index (κ2) is 7.53. The first-order chi connectivity index (χ1) is 12.8. The molecule has 4 heterocycles. The predicted octanol–water partition coefficient (Wildman–Crippen LogP) is 2.96. The summed E-state index contributed by atoms with van der Waals surface area (Å²) in [6, 6.07) is 9.06. The molecule has 7 nitrogen and oxygen atoms in total. The Morgan fingerprint density at radius 2 is 2.15 bits per heavy atom. The lowest BCUT2D eigenvalue weighted by Gasteiger charge is -2.31. The van der Waals surface area contributed by atoms with Crippen LogP contribution in [0, 0.1) is 5.92 Å². The Hall–Kier alpha value is -2.93. The highest BCUT2D eigenvalue weighted by Crippen LogP contribution is 2.30. The van der Waals surface area contributed by atoms with Gasteiger partial charge in [-0.1, -0.05) is 6.07 Å². The average molecular weight is 352 g/mol. The van der Waals surface area contributed by atoms with E-state index in [9.17, 15) is 4.79 Å². The molecular weight excluding hydrogens is 332 g/mol. The maximum atomic E-state index is 12.8. The minimum atomic E-state index is -0.223. The van der Waals surface area contributed by atoms with E-state index in [1.54, 1.807) is 30.8 Å². The van der Waals surface area contributed by atoms with Gasteiger partial charge in [0.25, 0.3) is 5.91 Å². The van der Waals surface area contributed by atoms with Crippen LogP contribution in [0.15, 0.2) is 53.4 Å². The fourth-order valence-corrected chi connectivity index (χ4v) is 3.29. The van der Waals surface area contributed by atoms with Crippen LogP contribution in [0.4, 0.5) is 0 Å². The number of aromatic amines is 1. The highest BCUT2D eigenvalue weighted by atomic mass is 16.5. The van der Waals surface area contributed by atoms with Gasteiger partial charge in [-0.15, -0.1) is 0 Å². The van der Waals surface area contributed by atoms with E-state index in [4.69, 9.17) is 9.15 Å². The average Bonchev–Trinajstić information content (AvgIpc) is 3.39. The van der Waals surface area contributed by atoms with Crippen molar-refractivity contribution in [2.24, 2.45) is 5.92 Å². The summed E-state index contributed by atoms with van der Waals surface area (Å²) in [6.07, 6.45) is 6.92. The quantitative estimate of drug-likeness (QED) is 0.736. The van der Waals surface area contributed by atoms with E-state index in [0.29, 0.717) is 36.3 Å². The number of rotatable bonds is 5. The molecule has 0 aliphatic carbocycles. The first kappa shape index (κ1) is 16.5. The number of furan rings is 1. The van der Waals surface area contributed by atoms with Gasteiger partial charge in [0.15, 0.2) is 11.5 Å². The van der Waals surface area contributed by atoms with Crippen molar-refractivity contribution in [3.8, 4) is 11.5 Å². The number of hydrogen-bond acceptors (Lipinski definition) is 5. The van der Waals surface area contributed by atoms with E-state index in [0.717, 1.165) is 18.4 Å². The van der Waals surface area contributed by atoms with Crippen molar-refractivity contribution in [3.05, 3.63) is 60.2 Å². The van der Waals surface area contributed by atoms with Crippen molar-refractivity contribution in [2.45, 2.75) is 18.9 Å². The first-order valence-corrected chi connectivity index (χ1v) is 8.69. The van der Waals surface area contributed by atoms with Crippen LogP contribution in [0.3, 0.4) is 0 Å². The first-order valence-electron chi connectivity index (χ1n) is 8.69. The van der Waals surface area contributed by atoms with E-state index in [-0.39, 0.29) is 11.9 Å². The molecule has 0 spiro atoms. The maximum absolute atomic E-state index is 12.8. The van der Waals surface area contributed by atoms with E-state index >= 15 is 0 Å². The van der Waals surface area contributed by atoms with Gasteiger partial charge < -0.3 is 14.5 Å². The third-order valence-corrected chi connectivity index (χ3v) is 4.66. The topological polar surface area (TPSA) is 93.0 Å². The zero-order valence-electron chi connectivity index (χ0n) is 14.2. The van der Waals surface area contributed by atoms with Crippen molar-refractivity contribution in [1.29, 1.82) is 0 Å². The van der Waals surface area contributed by atoms with Crippen molar-refractivity contribution < 1.29 is 13.9 Å². The Kier molecular flexibility index (Phi) is 4.79. The van der Waals surface area contributed by atoms with Gasteiger partial charge >= 0.3 is 0 Å². The molecule has 0 unspecified atom stereocenters. The molecule has 1 fully saturated rings. The number of amides is 1. The fourth-order valence-electron chi connectivity index (χ4n) is 3.29. The Morgan fingerprint density at radius 3 is 2.88 bits per heavy atom. The molecule has 1 aliphatic rings. The van der Waals surface area contributed by atoms with Crippen molar-refractivity contribution in [1.82, 2.24) is 20.5 Å². The summed E-state index contributed by atoms with van der Waals surface area (Å²) in [7, 11) is 0. The van der Waals surface area contributed by atoms with Crippen molar-refractivity contribution in [2.75, 3.05) is 13.2 Å². The van der Waals surface area contributed by atoms with Crippen molar-refractivity contribution in [3.63, 3.8) is 0 Å². The zero-order chi connectivity index (χ0) is 17.8. The molecule has 2 N–H and O–H groups in total. The highest BCUT2D eigenvalue weighted by Gasteiger charge is 2.28. The second-order valence-electron chi connectivity index (χ2n) is 6.33. The molecule has 1 saturated heterocycles. The lowest BCUT2D eigenvalue weighted by Crippen LogP contribution is -2.36. The molecule has 3 aromatic rings. The van der Waals surface area contributed by atoms with Gasteiger partial charge in [-0.3, -0.25) is 14.9 Å². The fraction of sp³-hybridized carbons (Fsp3) is 0.316. The van der Waals surface area contributed by atoms with Crippen LogP contribution in [-0.2, 0) is 4.74 Å². The third kappa shape index (κ3) is 3.52. The Balaban J connectivity index is 1.54. The normalized spacial score (nSPS) is 16.3. The number of aromatic nitrogens is 3. The lowest BCUT2D eigenvalue weighted by molar-refractivity contribution is 0.0513. The van der Waals surface area contributed by atoms with E-state index in [1.165, 1.54) is 0 Å². The minimum absolute atomic E-state index is 0.121. The highest BCUT2D eigenvalue weighted by molar-refractivity contribution is 5.93. The van der Waals surface area contributed by atoms with Crippen LogP contribution >= 0.6 is 0 Å². The standard InChI is InChI=1S/C19H20N4O3/c24-19(16-11-15(22-23-16)17-4-2-8-26-17)21-18(13-5-9-25-10-6-13)14-3-1-7-20-12-14/h1-4,7-8,11-13,18H,5-6,9-10H2,(H,21,24)(H,22,23)/t18-/m1/s1. The number of hydrogen-bond donors (Lipinski definition) is 2. The predicted molar refractivity (Wildman–Crippen MR) is 94.3 cm³/mol. The summed E-state index contributed by atoms with van der Waals surface area (Å²) >= 11 is 0. The van der Waals surface area contributed by atoms with Crippen molar-refractivity contribution >= 4 is 5.91 Å². The molecule has 1 aliphatic heterocycles. The smallest absolute Gasteiger partial charge is 0.272 e. The third-order valence-electron chi connectivity index (χ3n) is 4.66. The molecule has 0 aromatic carbocycles. The molecule has 26 heavy (non-hydrogen) atoms. The SMILES string of the molecule is O=C(N[C@@H](c1cccnc1)C1CCOCC1)c1cc(-c2ccco2)[nH]n1. The van der Waals surface area contributed by atoms with Crippen LogP contribution in [0.2, 0.25) is 0 Å². The number of H-pyrrole nitrogens is 1. The lowest BCUT2D eigenvalue weighted by atomic mass is 9.87. The van der Waals surface area contributed by atoms with Gasteiger partial charge in [-0.2, -0.15) is 5.10 Å². The van der Waals surface area contributed by atoms with Gasteiger partial charge in [-0.05, 0) is 42.5 Å². The summed E-state index contributed by atoms with van der Waals surface area (Å²) in [4.78, 5) is 17.0. The van der Waals surface area contributed by atoms with Gasteiger partial charge in [-0.25, -0.2) is 0 Å². The van der Waals surface area contributed by atoms with E-state index < -0.39 is 0 Å². The van der Waals surface area contributed by atoms with Crippen LogP contribution in [0.5, 0.6) is 0 Å². The Morgan fingerprint density at radius 1 is 1.27 bits per heavy atom. The summed E-state index contributed by atoms with van der Waals surface area (Å²) in [5.41, 5.74) is 2.00. The molecular formula is C19H20N4O3. The number of nitrogens with one attached hydrogen (secondary N) is 2. The molecule has 0 radical (unpaired) electrons. The van der Waals surface area contributed by atoms with Gasteiger partial charge in [0.05, 0.1) is 12.3 Å². The number of ether oxygens (including phenoxy) is 1. The summed E-state index contributed by atoms with van der Waals surface area (Å²) in [5.74, 6) is 0.726. The van der Waals surface area contributed by atoms with E-state index in [2.05, 4.69) is 20.5 Å². The number of carbonyl (C=O) groups is 1. The zero-order valence-corrected chi connectivity index (χ0v) is 14.2.